The van der Waals surface area contributed by atoms with Gasteiger partial charge >= 0.3 is 0 Å². The lowest BCUT2D eigenvalue weighted by Crippen LogP contribution is -2.01. The first-order valence-electron chi connectivity index (χ1n) is 6.75. The summed E-state index contributed by atoms with van der Waals surface area (Å²) in [5.41, 5.74) is 13.7. The Hall–Kier alpha value is -3.15. The van der Waals surface area contributed by atoms with Crippen molar-refractivity contribution in [3.8, 4) is 11.6 Å². The van der Waals surface area contributed by atoms with Gasteiger partial charge in [-0.3, -0.25) is 0 Å². The molecule has 4 N–H and O–H groups in total. The molecule has 110 valence electrons. The molecular weight excluding hydrogens is 278 g/mol. The van der Waals surface area contributed by atoms with Crippen molar-refractivity contribution in [1.82, 2.24) is 15.0 Å². The van der Waals surface area contributed by atoms with Gasteiger partial charge in [0.25, 0.3) is 0 Å². The first-order valence-corrected chi connectivity index (χ1v) is 6.75. The zero-order valence-corrected chi connectivity index (χ0v) is 11.8. The molecule has 2 aromatic heterocycles. The summed E-state index contributed by atoms with van der Waals surface area (Å²) < 4.78 is 5.83. The molecule has 0 fully saturated rings. The van der Waals surface area contributed by atoms with E-state index in [0.29, 0.717) is 23.7 Å². The number of ether oxygens (including phenoxy) is 1. The lowest BCUT2D eigenvalue weighted by atomic mass is 10.1. The summed E-state index contributed by atoms with van der Waals surface area (Å²) in [5, 5.41) is 0. The molecule has 0 aliphatic rings. The zero-order chi connectivity index (χ0) is 15.4. The van der Waals surface area contributed by atoms with Crippen LogP contribution in [0.1, 0.15) is 11.3 Å². The number of nitrogens with two attached hydrogens (primary N) is 2. The number of hydrogen-bond acceptors (Lipinski definition) is 6. The maximum absolute atomic E-state index is 5.83. The van der Waals surface area contributed by atoms with Gasteiger partial charge in [-0.25, -0.2) is 15.0 Å². The molecule has 6 heteroatoms. The van der Waals surface area contributed by atoms with Crippen LogP contribution in [-0.4, -0.2) is 15.0 Å². The lowest BCUT2D eigenvalue weighted by Gasteiger charge is -2.10. The number of anilines is 2. The fraction of sp³-hybridized carbons (Fsp3) is 0.0625. The molecule has 0 saturated heterocycles. The smallest absolute Gasteiger partial charge is 0.222 e. The Morgan fingerprint density at radius 2 is 1.73 bits per heavy atom. The first-order chi connectivity index (χ1) is 10.7. The minimum Gasteiger partial charge on any atom is -0.439 e. The second-order valence-electron chi connectivity index (χ2n) is 4.72. The van der Waals surface area contributed by atoms with E-state index in [2.05, 4.69) is 15.0 Å². The van der Waals surface area contributed by atoms with Crippen molar-refractivity contribution in [2.45, 2.75) is 6.42 Å². The van der Waals surface area contributed by atoms with Crippen molar-refractivity contribution < 1.29 is 4.74 Å². The Morgan fingerprint density at radius 1 is 0.909 bits per heavy atom. The van der Waals surface area contributed by atoms with Crippen molar-refractivity contribution in [2.75, 3.05) is 11.5 Å². The fourth-order valence-electron chi connectivity index (χ4n) is 2.00. The average Bonchev–Trinajstić information content (AvgIpc) is 2.51. The van der Waals surface area contributed by atoms with Crippen molar-refractivity contribution in [3.05, 3.63) is 66.1 Å². The molecule has 3 rings (SSSR count). The molecule has 3 aromatic rings. The topological polar surface area (TPSA) is 99.9 Å². The van der Waals surface area contributed by atoms with Crippen LogP contribution in [0.25, 0.3) is 0 Å². The summed E-state index contributed by atoms with van der Waals surface area (Å²) in [6, 6.07) is 12.8. The molecule has 6 nitrogen and oxygen atoms in total. The fourth-order valence-corrected chi connectivity index (χ4v) is 2.00. The van der Waals surface area contributed by atoms with Crippen LogP contribution in [0.4, 0.5) is 11.6 Å². The molecule has 0 spiro atoms. The predicted octanol–water partition coefficient (Wildman–Crippen LogP) is 2.42. The highest BCUT2D eigenvalue weighted by Crippen LogP contribution is 2.25. The number of pyridine rings is 1. The largest absolute Gasteiger partial charge is 0.439 e. The van der Waals surface area contributed by atoms with Gasteiger partial charge in [-0.2, -0.15) is 0 Å². The Kier molecular flexibility index (Phi) is 3.82. The van der Waals surface area contributed by atoms with E-state index in [0.717, 1.165) is 11.3 Å². The molecular formula is C16H15N5O. The number of benzene rings is 1. The Balaban J connectivity index is 1.85. The van der Waals surface area contributed by atoms with Gasteiger partial charge in [0.1, 0.15) is 5.75 Å². The van der Waals surface area contributed by atoms with Crippen molar-refractivity contribution in [1.29, 1.82) is 0 Å². The van der Waals surface area contributed by atoms with Gasteiger partial charge in [0.15, 0.2) is 0 Å². The molecule has 0 aliphatic carbocycles. The number of rotatable bonds is 4. The van der Waals surface area contributed by atoms with Gasteiger partial charge in [-0.1, -0.05) is 6.07 Å². The summed E-state index contributed by atoms with van der Waals surface area (Å²) in [6.45, 7) is 0. The average molecular weight is 293 g/mol. The highest BCUT2D eigenvalue weighted by molar-refractivity contribution is 5.43. The SMILES string of the molecule is Nc1ccc(Oc2ncccc2Cc2ccnc(N)n2)cc1. The highest BCUT2D eigenvalue weighted by Gasteiger charge is 2.08. The van der Waals surface area contributed by atoms with E-state index in [4.69, 9.17) is 16.2 Å². The van der Waals surface area contributed by atoms with Crippen molar-refractivity contribution >= 4 is 11.6 Å². The van der Waals surface area contributed by atoms with E-state index in [1.807, 2.05) is 18.2 Å². The zero-order valence-electron chi connectivity index (χ0n) is 11.8. The third-order valence-electron chi connectivity index (χ3n) is 3.05. The van der Waals surface area contributed by atoms with Gasteiger partial charge in [-0.15, -0.1) is 0 Å². The minimum absolute atomic E-state index is 0.252. The summed E-state index contributed by atoms with van der Waals surface area (Å²) in [4.78, 5) is 12.4. The molecule has 0 aliphatic heterocycles. The molecule has 0 unspecified atom stereocenters. The van der Waals surface area contributed by atoms with E-state index in [1.165, 1.54) is 0 Å². The Labute approximate surface area is 127 Å². The van der Waals surface area contributed by atoms with Crippen LogP contribution in [0, 0.1) is 0 Å². The normalized spacial score (nSPS) is 10.4. The number of aromatic nitrogens is 3. The Bertz CT molecular complexity index is 773. The highest BCUT2D eigenvalue weighted by atomic mass is 16.5. The summed E-state index contributed by atoms with van der Waals surface area (Å²) in [7, 11) is 0. The lowest BCUT2D eigenvalue weighted by molar-refractivity contribution is 0.457. The van der Waals surface area contributed by atoms with Gasteiger partial charge in [0.2, 0.25) is 11.8 Å². The second-order valence-corrected chi connectivity index (χ2v) is 4.72. The summed E-state index contributed by atoms with van der Waals surface area (Å²) in [5.74, 6) is 1.46. The quantitative estimate of drug-likeness (QED) is 0.716. The number of nitrogen functional groups attached to an aromatic ring is 2. The van der Waals surface area contributed by atoms with Crippen LogP contribution in [0.3, 0.4) is 0 Å². The van der Waals surface area contributed by atoms with Crippen molar-refractivity contribution in [3.63, 3.8) is 0 Å². The molecule has 2 heterocycles. The van der Waals surface area contributed by atoms with Gasteiger partial charge < -0.3 is 16.2 Å². The molecule has 1 aromatic carbocycles. The van der Waals surface area contributed by atoms with Crippen LogP contribution in [-0.2, 0) is 6.42 Å². The minimum atomic E-state index is 0.252. The third-order valence-corrected chi connectivity index (χ3v) is 3.05. The number of hydrogen-bond donors (Lipinski definition) is 2. The van der Waals surface area contributed by atoms with Crippen LogP contribution >= 0.6 is 0 Å². The molecule has 0 amide bonds. The van der Waals surface area contributed by atoms with E-state index in [9.17, 15) is 0 Å². The summed E-state index contributed by atoms with van der Waals surface area (Å²) in [6.07, 6.45) is 3.88. The first kappa shape index (κ1) is 13.8. The van der Waals surface area contributed by atoms with Crippen LogP contribution in [0.15, 0.2) is 54.9 Å². The summed E-state index contributed by atoms with van der Waals surface area (Å²) >= 11 is 0. The Morgan fingerprint density at radius 3 is 2.50 bits per heavy atom. The van der Waals surface area contributed by atoms with Crippen molar-refractivity contribution in [2.24, 2.45) is 0 Å². The second kappa shape index (κ2) is 6.09. The van der Waals surface area contributed by atoms with Crippen LogP contribution < -0.4 is 16.2 Å². The monoisotopic (exact) mass is 293 g/mol. The molecule has 0 atom stereocenters. The maximum Gasteiger partial charge on any atom is 0.222 e. The third kappa shape index (κ3) is 3.29. The number of nitrogens with zero attached hydrogens (tertiary/aromatic N) is 3. The van der Waals surface area contributed by atoms with Crippen LogP contribution in [0.2, 0.25) is 0 Å². The van der Waals surface area contributed by atoms with Gasteiger partial charge in [0, 0.05) is 30.1 Å². The van der Waals surface area contributed by atoms with Gasteiger partial charge in [0.05, 0.1) is 5.69 Å². The van der Waals surface area contributed by atoms with E-state index in [1.54, 1.807) is 36.7 Å². The maximum atomic E-state index is 5.83. The molecule has 0 bridgehead atoms. The van der Waals surface area contributed by atoms with Gasteiger partial charge in [-0.05, 0) is 36.4 Å². The predicted molar refractivity (Wildman–Crippen MR) is 84.4 cm³/mol. The molecule has 0 saturated carbocycles. The van der Waals surface area contributed by atoms with Crippen LogP contribution in [0.5, 0.6) is 11.6 Å². The standard InChI is InChI=1S/C16H15N5O/c17-12-3-5-14(6-4-12)22-15-11(2-1-8-19-15)10-13-7-9-20-16(18)21-13/h1-9H,10,17H2,(H2,18,20,21). The molecule has 0 radical (unpaired) electrons. The van der Waals surface area contributed by atoms with E-state index in [-0.39, 0.29) is 5.95 Å². The molecule has 22 heavy (non-hydrogen) atoms. The van der Waals surface area contributed by atoms with E-state index >= 15 is 0 Å². The van der Waals surface area contributed by atoms with E-state index < -0.39 is 0 Å².